The summed E-state index contributed by atoms with van der Waals surface area (Å²) in [6, 6.07) is 8.80. The van der Waals surface area contributed by atoms with Gasteiger partial charge in [0.25, 0.3) is 15.9 Å². The number of benzene rings is 1. The van der Waals surface area contributed by atoms with Gasteiger partial charge in [0, 0.05) is 32.8 Å². The van der Waals surface area contributed by atoms with Gasteiger partial charge in [-0.15, -0.1) is 0 Å². The molecule has 31 heavy (non-hydrogen) atoms. The average Bonchev–Trinajstić information content (AvgIpc) is 3.46. The Kier molecular flexibility index (Phi) is 6.74. The Bertz CT molecular complexity index is 1010. The van der Waals surface area contributed by atoms with Crippen LogP contribution in [0.5, 0.6) is 0 Å². The number of amides is 1. The maximum atomic E-state index is 13.6. The van der Waals surface area contributed by atoms with E-state index in [9.17, 15) is 17.6 Å². The lowest BCUT2D eigenvalue weighted by Crippen LogP contribution is -2.37. The van der Waals surface area contributed by atoms with Crippen LogP contribution in [0.1, 0.15) is 48.2 Å². The highest BCUT2D eigenvalue weighted by Crippen LogP contribution is 2.24. The fourth-order valence-electron chi connectivity index (χ4n) is 4.07. The molecular weight excluding hydrogens is 423 g/mol. The smallest absolute Gasteiger partial charge is 0.290 e. The number of rotatable bonds is 7. The van der Waals surface area contributed by atoms with Gasteiger partial charge in [-0.1, -0.05) is 18.6 Å². The van der Waals surface area contributed by atoms with Crippen LogP contribution in [0.3, 0.4) is 0 Å². The van der Waals surface area contributed by atoms with Crippen molar-refractivity contribution >= 4 is 15.9 Å². The topological polar surface area (TPSA) is 80.1 Å². The number of hydrogen-bond donors (Lipinski definition) is 0. The Morgan fingerprint density at radius 1 is 1.13 bits per heavy atom. The molecule has 168 valence electrons. The van der Waals surface area contributed by atoms with E-state index in [1.54, 1.807) is 12.1 Å². The summed E-state index contributed by atoms with van der Waals surface area (Å²) in [7, 11) is -3.77. The normalized spacial score (nSPS) is 20.1. The van der Waals surface area contributed by atoms with E-state index in [1.165, 1.54) is 33.5 Å². The Balaban J connectivity index is 1.54. The second-order valence-corrected chi connectivity index (χ2v) is 9.90. The molecule has 0 bridgehead atoms. The van der Waals surface area contributed by atoms with Crippen LogP contribution in [0, 0.1) is 5.82 Å². The van der Waals surface area contributed by atoms with Crippen molar-refractivity contribution in [1.82, 2.24) is 9.21 Å². The number of carbonyl (C=O) groups is 1. The standard InChI is InChI=1S/C22H27FN2O5S/c23-18-7-4-6-17(14-18)15-24(16-19-8-5-13-29-19)22(26)20-9-10-21(30-20)31(27,28)25-11-2-1-3-12-25/h4,6-7,9-10,14,19H,1-3,5,8,11-13,15-16H2. The van der Waals surface area contributed by atoms with Gasteiger partial charge in [-0.2, -0.15) is 4.31 Å². The fraction of sp³-hybridized carbons (Fsp3) is 0.500. The molecule has 1 atom stereocenters. The van der Waals surface area contributed by atoms with E-state index in [0.717, 1.165) is 32.1 Å². The number of piperidine rings is 1. The summed E-state index contributed by atoms with van der Waals surface area (Å²) in [5, 5.41) is -0.222. The summed E-state index contributed by atoms with van der Waals surface area (Å²) in [4.78, 5) is 14.7. The number of hydrogen-bond acceptors (Lipinski definition) is 5. The van der Waals surface area contributed by atoms with E-state index >= 15 is 0 Å². The first-order valence-corrected chi connectivity index (χ1v) is 12.1. The molecule has 4 rings (SSSR count). The minimum absolute atomic E-state index is 0.0509. The first-order chi connectivity index (χ1) is 14.9. The van der Waals surface area contributed by atoms with Crippen molar-refractivity contribution in [3.8, 4) is 0 Å². The van der Waals surface area contributed by atoms with Gasteiger partial charge in [0.2, 0.25) is 5.09 Å². The summed E-state index contributed by atoms with van der Waals surface area (Å²) >= 11 is 0. The SMILES string of the molecule is O=C(c1ccc(S(=O)(=O)N2CCCCC2)o1)N(Cc1cccc(F)c1)CC1CCCO1. The maximum Gasteiger partial charge on any atom is 0.290 e. The predicted octanol–water partition coefficient (Wildman–Crippen LogP) is 3.41. The van der Waals surface area contributed by atoms with Crippen LogP contribution in [0.4, 0.5) is 4.39 Å². The molecule has 9 heteroatoms. The number of sulfonamides is 1. The molecule has 1 aromatic carbocycles. The molecule has 0 N–H and O–H groups in total. The van der Waals surface area contributed by atoms with Crippen molar-refractivity contribution in [2.75, 3.05) is 26.2 Å². The van der Waals surface area contributed by atoms with E-state index in [-0.39, 0.29) is 29.3 Å². The summed E-state index contributed by atoms with van der Waals surface area (Å²) in [6.45, 7) is 2.05. The molecule has 0 radical (unpaired) electrons. The molecular formula is C22H27FN2O5S. The van der Waals surface area contributed by atoms with Crippen molar-refractivity contribution in [3.63, 3.8) is 0 Å². The van der Waals surface area contributed by atoms with Gasteiger partial charge >= 0.3 is 0 Å². The molecule has 2 aliphatic heterocycles. The maximum absolute atomic E-state index is 13.6. The predicted molar refractivity (Wildman–Crippen MR) is 111 cm³/mol. The number of carbonyl (C=O) groups excluding carboxylic acids is 1. The zero-order valence-electron chi connectivity index (χ0n) is 17.3. The molecule has 2 aliphatic rings. The number of furan rings is 1. The molecule has 1 unspecified atom stereocenters. The molecule has 0 spiro atoms. The molecule has 0 saturated carbocycles. The van der Waals surface area contributed by atoms with Crippen molar-refractivity contribution in [2.45, 2.75) is 49.8 Å². The molecule has 0 aliphatic carbocycles. The summed E-state index contributed by atoms with van der Waals surface area (Å²) in [5.74, 6) is -0.875. The zero-order valence-corrected chi connectivity index (χ0v) is 18.2. The molecule has 2 saturated heterocycles. The van der Waals surface area contributed by atoms with E-state index in [2.05, 4.69) is 0 Å². The van der Waals surface area contributed by atoms with Crippen LogP contribution in [-0.2, 0) is 21.3 Å². The Hall–Kier alpha value is -2.23. The third kappa shape index (κ3) is 5.16. The zero-order chi connectivity index (χ0) is 21.8. The lowest BCUT2D eigenvalue weighted by molar-refractivity contribution is 0.0479. The van der Waals surface area contributed by atoms with Gasteiger partial charge in [-0.05, 0) is 55.5 Å². The Morgan fingerprint density at radius 3 is 2.65 bits per heavy atom. The quantitative estimate of drug-likeness (QED) is 0.646. The molecule has 7 nitrogen and oxygen atoms in total. The molecule has 2 fully saturated rings. The lowest BCUT2D eigenvalue weighted by Gasteiger charge is -2.25. The van der Waals surface area contributed by atoms with Crippen molar-refractivity contribution in [3.05, 3.63) is 53.5 Å². The van der Waals surface area contributed by atoms with E-state index < -0.39 is 15.9 Å². The van der Waals surface area contributed by atoms with E-state index in [4.69, 9.17) is 9.15 Å². The van der Waals surface area contributed by atoms with E-state index in [0.29, 0.717) is 31.8 Å². The van der Waals surface area contributed by atoms with Crippen LogP contribution in [0.15, 0.2) is 45.9 Å². The summed E-state index contributed by atoms with van der Waals surface area (Å²) in [5.41, 5.74) is 0.638. The fourth-order valence-corrected chi connectivity index (χ4v) is 5.50. The Morgan fingerprint density at radius 2 is 1.94 bits per heavy atom. The van der Waals surface area contributed by atoms with Crippen molar-refractivity contribution in [1.29, 1.82) is 0 Å². The van der Waals surface area contributed by atoms with Gasteiger partial charge in [0.15, 0.2) is 5.76 Å². The van der Waals surface area contributed by atoms with Crippen molar-refractivity contribution in [2.24, 2.45) is 0 Å². The third-order valence-corrected chi connectivity index (χ3v) is 7.47. The Labute approximate surface area is 181 Å². The van der Waals surface area contributed by atoms with Gasteiger partial charge in [-0.25, -0.2) is 12.8 Å². The molecule has 1 aromatic heterocycles. The van der Waals surface area contributed by atoms with Gasteiger partial charge in [0.1, 0.15) is 5.82 Å². The third-order valence-electron chi connectivity index (χ3n) is 5.70. The second kappa shape index (κ2) is 9.50. The molecule has 2 aromatic rings. The largest absolute Gasteiger partial charge is 0.438 e. The number of ether oxygens (including phenoxy) is 1. The average molecular weight is 451 g/mol. The lowest BCUT2D eigenvalue weighted by atomic mass is 10.1. The van der Waals surface area contributed by atoms with Crippen LogP contribution in [-0.4, -0.2) is 55.9 Å². The highest BCUT2D eigenvalue weighted by molar-refractivity contribution is 7.89. The highest BCUT2D eigenvalue weighted by atomic mass is 32.2. The van der Waals surface area contributed by atoms with E-state index in [1.807, 2.05) is 0 Å². The van der Waals surface area contributed by atoms with Crippen LogP contribution in [0.25, 0.3) is 0 Å². The van der Waals surface area contributed by atoms with Crippen LogP contribution >= 0.6 is 0 Å². The second-order valence-electron chi connectivity index (χ2n) is 8.03. The minimum atomic E-state index is -3.77. The first kappa shape index (κ1) is 22.0. The number of nitrogens with zero attached hydrogens (tertiary/aromatic N) is 2. The van der Waals surface area contributed by atoms with Crippen molar-refractivity contribution < 1.29 is 26.8 Å². The van der Waals surface area contributed by atoms with Gasteiger partial charge < -0.3 is 14.1 Å². The monoisotopic (exact) mass is 450 g/mol. The minimum Gasteiger partial charge on any atom is -0.438 e. The summed E-state index contributed by atoms with van der Waals surface area (Å²) < 4.78 is 51.9. The molecule has 1 amide bonds. The van der Waals surface area contributed by atoms with Crippen LogP contribution < -0.4 is 0 Å². The highest BCUT2D eigenvalue weighted by Gasteiger charge is 2.31. The molecule has 3 heterocycles. The van der Waals surface area contributed by atoms with Crippen LogP contribution in [0.2, 0.25) is 0 Å². The first-order valence-electron chi connectivity index (χ1n) is 10.7. The number of halogens is 1. The summed E-state index contributed by atoms with van der Waals surface area (Å²) in [6.07, 6.45) is 4.28. The van der Waals surface area contributed by atoms with Gasteiger partial charge in [-0.3, -0.25) is 4.79 Å². The van der Waals surface area contributed by atoms with Gasteiger partial charge in [0.05, 0.1) is 6.10 Å².